The molecule has 3 heterocycles. The molecule has 4 bridgehead atoms. The highest BCUT2D eigenvalue weighted by Gasteiger charge is 2.53. The van der Waals surface area contributed by atoms with E-state index in [-0.39, 0.29) is 22.9 Å². The van der Waals surface area contributed by atoms with Crippen molar-refractivity contribution in [2.45, 2.75) is 77.8 Å². The van der Waals surface area contributed by atoms with Crippen molar-refractivity contribution in [3.05, 3.63) is 34.6 Å². The minimum atomic E-state index is -0.622. The molecular formula is C25H32N4O3. The van der Waals surface area contributed by atoms with Crippen molar-refractivity contribution in [2.24, 2.45) is 23.2 Å². The first-order valence-corrected chi connectivity index (χ1v) is 12.2. The van der Waals surface area contributed by atoms with Gasteiger partial charge in [-0.25, -0.2) is 4.68 Å². The van der Waals surface area contributed by atoms with Crippen LogP contribution in [0.5, 0.6) is 0 Å². The van der Waals surface area contributed by atoms with Crippen LogP contribution in [-0.2, 0) is 4.79 Å². The van der Waals surface area contributed by atoms with Crippen molar-refractivity contribution < 1.29 is 9.21 Å². The summed E-state index contributed by atoms with van der Waals surface area (Å²) in [4.78, 5) is 26.8. The number of furan rings is 1. The van der Waals surface area contributed by atoms with Crippen LogP contribution >= 0.6 is 0 Å². The average Bonchev–Trinajstić information content (AvgIpc) is 3.32. The van der Waals surface area contributed by atoms with Gasteiger partial charge in [0.25, 0.3) is 5.56 Å². The van der Waals surface area contributed by atoms with Crippen LogP contribution in [0, 0.1) is 30.1 Å². The molecule has 4 aliphatic rings. The van der Waals surface area contributed by atoms with Gasteiger partial charge in [-0.3, -0.25) is 14.0 Å². The number of hydrogen-bond acceptors (Lipinski definition) is 4. The summed E-state index contributed by atoms with van der Waals surface area (Å²) in [5, 5.41) is 7.90. The lowest BCUT2D eigenvalue weighted by Crippen LogP contribution is -2.56. The van der Waals surface area contributed by atoms with E-state index in [4.69, 9.17) is 4.42 Å². The van der Waals surface area contributed by atoms with Crippen molar-refractivity contribution >= 4 is 22.5 Å². The molecule has 4 saturated carbocycles. The van der Waals surface area contributed by atoms with Gasteiger partial charge in [-0.1, -0.05) is 6.92 Å². The molecule has 3 aromatic heterocycles. The Bertz CT molecular complexity index is 1230. The maximum atomic E-state index is 13.5. The Morgan fingerprint density at radius 2 is 1.88 bits per heavy atom. The van der Waals surface area contributed by atoms with Gasteiger partial charge in [0.15, 0.2) is 5.58 Å². The smallest absolute Gasteiger partial charge is 0.291 e. The lowest BCUT2D eigenvalue weighted by atomic mass is 9.48. The third-order valence-electron chi connectivity index (χ3n) is 8.77. The number of aryl methyl sites for hydroxylation is 1. The zero-order valence-electron chi connectivity index (χ0n) is 19.1. The zero-order valence-corrected chi connectivity index (χ0v) is 19.1. The Balaban J connectivity index is 1.30. The number of fused-ring (bicyclic) bond motifs is 3. The van der Waals surface area contributed by atoms with Crippen molar-refractivity contribution in [2.75, 3.05) is 0 Å². The summed E-state index contributed by atoms with van der Waals surface area (Å²) < 4.78 is 8.67. The second-order valence-corrected chi connectivity index (χ2v) is 10.8. The van der Waals surface area contributed by atoms with Gasteiger partial charge < -0.3 is 9.73 Å². The zero-order chi connectivity index (χ0) is 22.2. The fourth-order valence-corrected chi connectivity index (χ4v) is 7.65. The largest absolute Gasteiger partial charge is 0.463 e. The van der Waals surface area contributed by atoms with E-state index in [0.717, 1.165) is 23.3 Å². The normalized spacial score (nSPS) is 30.8. The van der Waals surface area contributed by atoms with Crippen LogP contribution in [-0.4, -0.2) is 26.1 Å². The van der Waals surface area contributed by atoms with Crippen LogP contribution in [0.4, 0.5) is 0 Å². The summed E-state index contributed by atoms with van der Waals surface area (Å²) in [5.41, 5.74) is 1.94. The lowest BCUT2D eigenvalue weighted by molar-refractivity contribution is -0.129. The van der Waals surface area contributed by atoms with Gasteiger partial charge in [-0.05, 0) is 82.0 Å². The first kappa shape index (κ1) is 20.1. The first-order chi connectivity index (χ1) is 15.4. The SMILES string of the molecule is CC[C@H](C(=O)N[C@H](C)C12CC3CC(CC(C3)C1)C2)n1nc(C)n2c(cc3occc32)c1=O. The number of amides is 1. The molecule has 4 fully saturated rings. The lowest BCUT2D eigenvalue weighted by Gasteiger charge is -2.59. The molecule has 7 heteroatoms. The number of aromatic nitrogens is 3. The molecule has 7 rings (SSSR count). The van der Waals surface area contributed by atoms with E-state index in [9.17, 15) is 9.59 Å². The van der Waals surface area contributed by atoms with Crippen molar-refractivity contribution in [1.29, 1.82) is 0 Å². The van der Waals surface area contributed by atoms with E-state index < -0.39 is 6.04 Å². The molecule has 0 unspecified atom stereocenters. The van der Waals surface area contributed by atoms with Crippen LogP contribution in [0.1, 0.15) is 70.7 Å². The molecule has 3 aromatic rings. The van der Waals surface area contributed by atoms with Crippen molar-refractivity contribution in [3.8, 4) is 0 Å². The van der Waals surface area contributed by atoms with E-state index in [1.807, 2.05) is 19.9 Å². The van der Waals surface area contributed by atoms with E-state index in [1.165, 1.54) is 43.2 Å². The van der Waals surface area contributed by atoms with Crippen LogP contribution < -0.4 is 10.9 Å². The van der Waals surface area contributed by atoms with Crippen LogP contribution in [0.2, 0.25) is 0 Å². The maximum absolute atomic E-state index is 13.5. The Hall–Kier alpha value is -2.57. The summed E-state index contributed by atoms with van der Waals surface area (Å²) in [6.07, 6.45) is 10.00. The number of carbonyl (C=O) groups is 1. The van der Waals surface area contributed by atoms with Crippen molar-refractivity contribution in [3.63, 3.8) is 0 Å². The summed E-state index contributed by atoms with van der Waals surface area (Å²) in [7, 11) is 0. The van der Waals surface area contributed by atoms with Gasteiger partial charge >= 0.3 is 0 Å². The predicted molar refractivity (Wildman–Crippen MR) is 121 cm³/mol. The monoisotopic (exact) mass is 436 g/mol. The number of rotatable bonds is 5. The maximum Gasteiger partial charge on any atom is 0.291 e. The second-order valence-electron chi connectivity index (χ2n) is 10.8. The average molecular weight is 437 g/mol. The van der Waals surface area contributed by atoms with E-state index >= 15 is 0 Å². The quantitative estimate of drug-likeness (QED) is 0.649. The molecule has 2 atom stereocenters. The van der Waals surface area contributed by atoms with Gasteiger partial charge in [-0.2, -0.15) is 5.10 Å². The highest BCUT2D eigenvalue weighted by atomic mass is 16.3. The van der Waals surface area contributed by atoms with Crippen LogP contribution in [0.3, 0.4) is 0 Å². The molecule has 170 valence electrons. The fraction of sp³-hybridized carbons (Fsp3) is 0.640. The molecule has 7 nitrogen and oxygen atoms in total. The van der Waals surface area contributed by atoms with Crippen LogP contribution in [0.15, 0.2) is 27.6 Å². The van der Waals surface area contributed by atoms with Gasteiger partial charge in [0.05, 0.1) is 11.8 Å². The summed E-state index contributed by atoms with van der Waals surface area (Å²) in [5.74, 6) is 3.08. The van der Waals surface area contributed by atoms with Gasteiger partial charge in [0.1, 0.15) is 17.4 Å². The molecule has 0 saturated heterocycles. The Morgan fingerprint density at radius 1 is 1.22 bits per heavy atom. The van der Waals surface area contributed by atoms with Crippen LogP contribution in [0.25, 0.3) is 16.6 Å². The number of hydrogen-bond donors (Lipinski definition) is 1. The van der Waals surface area contributed by atoms with E-state index in [2.05, 4.69) is 17.3 Å². The third kappa shape index (κ3) is 2.82. The van der Waals surface area contributed by atoms with Gasteiger partial charge in [-0.15, -0.1) is 0 Å². The summed E-state index contributed by atoms with van der Waals surface area (Å²) in [6.45, 7) is 5.99. The fourth-order valence-electron chi connectivity index (χ4n) is 7.65. The Labute approximate surface area is 187 Å². The molecule has 0 radical (unpaired) electrons. The highest BCUT2D eigenvalue weighted by molar-refractivity contribution is 5.83. The van der Waals surface area contributed by atoms with E-state index in [0.29, 0.717) is 23.3 Å². The molecule has 1 amide bonds. The third-order valence-corrected chi connectivity index (χ3v) is 8.77. The summed E-state index contributed by atoms with van der Waals surface area (Å²) >= 11 is 0. The Kier molecular flexibility index (Phi) is 4.37. The molecule has 4 aliphatic carbocycles. The molecule has 32 heavy (non-hydrogen) atoms. The summed E-state index contributed by atoms with van der Waals surface area (Å²) in [6, 6.07) is 3.07. The minimum Gasteiger partial charge on any atom is -0.463 e. The number of carbonyl (C=O) groups excluding carboxylic acids is 1. The Morgan fingerprint density at radius 3 is 2.50 bits per heavy atom. The van der Waals surface area contributed by atoms with Gasteiger partial charge in [0, 0.05) is 18.2 Å². The topological polar surface area (TPSA) is 81.5 Å². The molecule has 0 aromatic carbocycles. The van der Waals surface area contributed by atoms with Crippen molar-refractivity contribution in [1.82, 2.24) is 19.5 Å². The number of nitrogens with one attached hydrogen (secondary N) is 1. The minimum absolute atomic E-state index is 0.0932. The molecular weight excluding hydrogens is 404 g/mol. The standard InChI is InChI=1S/C25H32N4O3/c1-4-19(29-24(31)21-10-22-20(5-6-32-22)28(21)15(3)27-29)23(30)26-14(2)25-11-16-7-17(12-25)9-18(8-16)13-25/h5-6,10,14,16-19H,4,7-9,11-13H2,1-3H3,(H,26,30)/t14-,16?,17?,18?,19-,25?/m1/s1. The van der Waals surface area contributed by atoms with Gasteiger partial charge in [0.2, 0.25) is 5.91 Å². The highest BCUT2D eigenvalue weighted by Crippen LogP contribution is 2.61. The first-order valence-electron chi connectivity index (χ1n) is 12.2. The molecule has 0 spiro atoms. The molecule has 1 N–H and O–H groups in total. The second kappa shape index (κ2) is 6.96. The number of nitrogens with zero attached hydrogens (tertiary/aromatic N) is 3. The predicted octanol–water partition coefficient (Wildman–Crippen LogP) is 4.22. The molecule has 0 aliphatic heterocycles. The van der Waals surface area contributed by atoms with E-state index in [1.54, 1.807) is 16.7 Å².